The Balaban J connectivity index is 1.80. The lowest BCUT2D eigenvalue weighted by Crippen LogP contribution is -2.51. The molecule has 1 aliphatic heterocycles. The molecule has 4 rings (SSSR count). The van der Waals surface area contributed by atoms with E-state index in [4.69, 9.17) is 9.26 Å². The van der Waals surface area contributed by atoms with Crippen LogP contribution in [0.3, 0.4) is 0 Å². The molecule has 2 heterocycles. The fraction of sp³-hybridized carbons (Fsp3) is 0.407. The Hall–Kier alpha value is -2.78. The molecule has 9 heteroatoms. The number of amides is 1. The second kappa shape index (κ2) is 9.59. The molecule has 1 saturated heterocycles. The number of piperidine rings is 1. The molecule has 2 atom stereocenters. The first-order chi connectivity index (χ1) is 16.8. The number of rotatable bonds is 3. The summed E-state index contributed by atoms with van der Waals surface area (Å²) in [6, 6.07) is 9.16. The predicted octanol–water partition coefficient (Wildman–Crippen LogP) is 6.61. The molecule has 0 radical (unpaired) electrons. The number of benzene rings is 2. The molecule has 1 aromatic heterocycles. The minimum atomic E-state index is -1.66. The van der Waals surface area contributed by atoms with Gasteiger partial charge in [-0.05, 0) is 85.8 Å². The predicted molar refractivity (Wildman–Crippen MR) is 135 cm³/mol. The molecule has 2 aromatic carbocycles. The van der Waals surface area contributed by atoms with Crippen molar-refractivity contribution in [2.45, 2.75) is 58.2 Å². The SMILES string of the molecule is Cc1cccc(-c2noc(C3CN(C(=O)OC(C)(C)C)CCC3(O)c3ccc(F)c(F)c3)c2Br)c1C. The van der Waals surface area contributed by atoms with Gasteiger partial charge in [0, 0.05) is 18.7 Å². The fourth-order valence-electron chi connectivity index (χ4n) is 4.53. The van der Waals surface area contributed by atoms with Crippen LogP contribution in [0.15, 0.2) is 45.4 Å². The van der Waals surface area contributed by atoms with Crippen LogP contribution in [-0.4, -0.2) is 39.9 Å². The topological polar surface area (TPSA) is 75.8 Å². The number of nitrogens with zero attached hydrogens (tertiary/aromatic N) is 2. The van der Waals surface area contributed by atoms with Crippen molar-refractivity contribution in [3.05, 3.63) is 75.0 Å². The van der Waals surface area contributed by atoms with E-state index < -0.39 is 34.8 Å². The number of aliphatic hydroxyl groups is 1. The summed E-state index contributed by atoms with van der Waals surface area (Å²) in [6.07, 6.45) is -0.487. The van der Waals surface area contributed by atoms with Gasteiger partial charge in [-0.25, -0.2) is 13.6 Å². The van der Waals surface area contributed by atoms with E-state index in [-0.39, 0.29) is 25.1 Å². The van der Waals surface area contributed by atoms with Crippen molar-refractivity contribution >= 4 is 22.0 Å². The van der Waals surface area contributed by atoms with Gasteiger partial charge in [-0.3, -0.25) is 0 Å². The third kappa shape index (κ3) is 4.91. The van der Waals surface area contributed by atoms with Crippen LogP contribution in [0.4, 0.5) is 13.6 Å². The molecular weight excluding hydrogens is 534 g/mol. The van der Waals surface area contributed by atoms with E-state index in [2.05, 4.69) is 21.1 Å². The minimum absolute atomic E-state index is 0.0183. The molecule has 2 unspecified atom stereocenters. The normalized spacial score (nSPS) is 20.5. The van der Waals surface area contributed by atoms with Gasteiger partial charge in [0.2, 0.25) is 0 Å². The monoisotopic (exact) mass is 562 g/mol. The summed E-state index contributed by atoms with van der Waals surface area (Å²) in [6.45, 7) is 9.46. The van der Waals surface area contributed by atoms with Gasteiger partial charge in [-0.2, -0.15) is 0 Å². The van der Waals surface area contributed by atoms with Gasteiger partial charge < -0.3 is 19.3 Å². The maximum absolute atomic E-state index is 14.2. The molecule has 0 spiro atoms. The van der Waals surface area contributed by atoms with Crippen molar-refractivity contribution in [1.82, 2.24) is 10.1 Å². The van der Waals surface area contributed by atoms with Crippen LogP contribution in [0.1, 0.15) is 55.6 Å². The Labute approximate surface area is 217 Å². The lowest BCUT2D eigenvalue weighted by molar-refractivity contribution is -0.0590. The standard InChI is InChI=1S/C27H29BrF2N2O4/c1-15-7-6-8-18(16(15)2)23-22(28)24(36-31-23)19-14-32(25(33)35-26(3,4)5)12-11-27(19,34)17-9-10-20(29)21(30)13-17/h6-10,13,19,34H,11-12,14H2,1-5H3. The van der Waals surface area contributed by atoms with Crippen molar-refractivity contribution in [1.29, 1.82) is 0 Å². The Morgan fingerprint density at radius 2 is 1.94 bits per heavy atom. The zero-order valence-electron chi connectivity index (χ0n) is 20.9. The summed E-state index contributed by atoms with van der Waals surface area (Å²) in [5.74, 6) is -2.62. The van der Waals surface area contributed by atoms with Gasteiger partial charge in [0.15, 0.2) is 17.4 Å². The highest BCUT2D eigenvalue weighted by molar-refractivity contribution is 9.10. The molecule has 0 aliphatic carbocycles. The summed E-state index contributed by atoms with van der Waals surface area (Å²) in [5, 5.41) is 16.2. The third-order valence-electron chi connectivity index (χ3n) is 6.65. The smallest absolute Gasteiger partial charge is 0.410 e. The van der Waals surface area contributed by atoms with Crippen molar-refractivity contribution in [2.75, 3.05) is 13.1 Å². The summed E-state index contributed by atoms with van der Waals surface area (Å²) < 4.78 is 39.7. The van der Waals surface area contributed by atoms with Crippen LogP contribution < -0.4 is 0 Å². The number of aryl methyl sites for hydroxylation is 1. The van der Waals surface area contributed by atoms with Crippen molar-refractivity contribution in [3.8, 4) is 11.3 Å². The second-order valence-electron chi connectivity index (χ2n) is 10.2. The number of carbonyl (C=O) groups is 1. The average Bonchev–Trinajstić information content (AvgIpc) is 3.17. The van der Waals surface area contributed by atoms with E-state index in [1.165, 1.54) is 11.0 Å². The summed E-state index contributed by atoms with van der Waals surface area (Å²) >= 11 is 3.60. The number of halogens is 3. The van der Waals surface area contributed by atoms with Crippen LogP contribution in [0, 0.1) is 25.5 Å². The Kier molecular flexibility index (Phi) is 7.00. The molecule has 0 saturated carbocycles. The first-order valence-electron chi connectivity index (χ1n) is 11.7. The van der Waals surface area contributed by atoms with E-state index in [0.29, 0.717) is 15.9 Å². The quantitative estimate of drug-likeness (QED) is 0.388. The molecule has 1 amide bonds. The molecule has 1 N–H and O–H groups in total. The van der Waals surface area contributed by atoms with E-state index >= 15 is 0 Å². The van der Waals surface area contributed by atoms with E-state index in [1.807, 2.05) is 32.0 Å². The third-order valence-corrected chi connectivity index (χ3v) is 7.42. The molecular formula is C27H29BrF2N2O4. The van der Waals surface area contributed by atoms with E-state index in [0.717, 1.165) is 28.8 Å². The zero-order chi connectivity index (χ0) is 26.4. The maximum atomic E-state index is 14.2. The van der Waals surface area contributed by atoms with Gasteiger partial charge in [-0.1, -0.05) is 29.4 Å². The summed E-state index contributed by atoms with van der Waals surface area (Å²) in [5.41, 5.74) is 1.33. The highest BCUT2D eigenvalue weighted by Gasteiger charge is 2.48. The van der Waals surface area contributed by atoms with Gasteiger partial charge in [0.25, 0.3) is 0 Å². The first kappa shape index (κ1) is 26.3. The molecule has 0 bridgehead atoms. The van der Waals surface area contributed by atoms with Gasteiger partial charge in [0.05, 0.1) is 10.4 Å². The lowest BCUT2D eigenvalue weighted by atomic mass is 9.74. The number of hydrogen-bond donors (Lipinski definition) is 1. The van der Waals surface area contributed by atoms with Gasteiger partial charge >= 0.3 is 6.09 Å². The molecule has 3 aromatic rings. The highest BCUT2D eigenvalue weighted by atomic mass is 79.9. The number of ether oxygens (including phenoxy) is 1. The number of hydrogen-bond acceptors (Lipinski definition) is 5. The van der Waals surface area contributed by atoms with Crippen LogP contribution >= 0.6 is 15.9 Å². The van der Waals surface area contributed by atoms with Crippen LogP contribution in [-0.2, 0) is 10.3 Å². The maximum Gasteiger partial charge on any atom is 0.410 e. The van der Waals surface area contributed by atoms with Crippen LogP contribution in [0.2, 0.25) is 0 Å². The lowest BCUT2D eigenvalue weighted by Gasteiger charge is -2.44. The molecule has 192 valence electrons. The van der Waals surface area contributed by atoms with Crippen molar-refractivity contribution in [3.63, 3.8) is 0 Å². The average molecular weight is 563 g/mol. The molecule has 6 nitrogen and oxygen atoms in total. The summed E-state index contributed by atoms with van der Waals surface area (Å²) in [4.78, 5) is 14.4. The van der Waals surface area contributed by atoms with E-state index in [1.54, 1.807) is 20.8 Å². The zero-order valence-corrected chi connectivity index (χ0v) is 22.4. The molecule has 36 heavy (non-hydrogen) atoms. The number of aromatic nitrogens is 1. The van der Waals surface area contributed by atoms with E-state index in [9.17, 15) is 18.7 Å². The second-order valence-corrected chi connectivity index (χ2v) is 11.0. The molecule has 1 fully saturated rings. The largest absolute Gasteiger partial charge is 0.444 e. The fourth-order valence-corrected chi connectivity index (χ4v) is 5.16. The molecule has 1 aliphatic rings. The Morgan fingerprint density at radius 3 is 2.61 bits per heavy atom. The Bertz CT molecular complexity index is 1300. The van der Waals surface area contributed by atoms with Crippen LogP contribution in [0.25, 0.3) is 11.3 Å². The van der Waals surface area contributed by atoms with Crippen LogP contribution in [0.5, 0.6) is 0 Å². The van der Waals surface area contributed by atoms with Crippen molar-refractivity contribution in [2.24, 2.45) is 0 Å². The van der Waals surface area contributed by atoms with Crippen molar-refractivity contribution < 1.29 is 27.9 Å². The van der Waals surface area contributed by atoms with Gasteiger partial charge in [-0.15, -0.1) is 0 Å². The Morgan fingerprint density at radius 1 is 1.22 bits per heavy atom. The van der Waals surface area contributed by atoms with Gasteiger partial charge in [0.1, 0.15) is 16.9 Å². The summed E-state index contributed by atoms with van der Waals surface area (Å²) in [7, 11) is 0. The first-order valence-corrected chi connectivity index (χ1v) is 12.5. The minimum Gasteiger partial charge on any atom is -0.444 e. The number of carbonyl (C=O) groups excluding carboxylic acids is 1. The highest BCUT2D eigenvalue weighted by Crippen LogP contribution is 2.48. The number of likely N-dealkylation sites (tertiary alicyclic amines) is 1.